The summed E-state index contributed by atoms with van der Waals surface area (Å²) < 4.78 is 21.1. The van der Waals surface area contributed by atoms with Crippen molar-refractivity contribution in [3.8, 4) is 28.1 Å². The van der Waals surface area contributed by atoms with Crippen LogP contribution in [-0.2, 0) is 19.4 Å². The van der Waals surface area contributed by atoms with Crippen molar-refractivity contribution in [3.05, 3.63) is 107 Å². The fourth-order valence-electron chi connectivity index (χ4n) is 4.73. The van der Waals surface area contributed by atoms with E-state index in [0.717, 1.165) is 65.0 Å². The fraction of sp³-hybridized carbons (Fsp3) is 0.172. The summed E-state index contributed by atoms with van der Waals surface area (Å²) in [5.74, 6) is 0.516. The van der Waals surface area contributed by atoms with E-state index in [1.807, 2.05) is 47.1 Å². The number of rotatable bonds is 5. The molecule has 2 heterocycles. The van der Waals surface area contributed by atoms with E-state index in [0.29, 0.717) is 11.6 Å². The van der Waals surface area contributed by atoms with E-state index < -0.39 is 0 Å². The lowest BCUT2D eigenvalue weighted by molar-refractivity contribution is 0.306. The van der Waals surface area contributed by atoms with E-state index in [1.165, 1.54) is 23.4 Å². The summed E-state index contributed by atoms with van der Waals surface area (Å²) in [7, 11) is 0. The van der Waals surface area contributed by atoms with E-state index in [2.05, 4.69) is 12.1 Å². The van der Waals surface area contributed by atoms with Gasteiger partial charge in [-0.2, -0.15) is 5.10 Å². The highest BCUT2D eigenvalue weighted by molar-refractivity contribution is 6.30. The van der Waals surface area contributed by atoms with Gasteiger partial charge in [0.2, 0.25) is 0 Å². The van der Waals surface area contributed by atoms with Crippen molar-refractivity contribution in [3.63, 3.8) is 0 Å². The molecule has 0 radical (unpaired) electrons. The molecule has 0 aliphatic heterocycles. The summed E-state index contributed by atoms with van der Waals surface area (Å²) in [6.07, 6.45) is 6.18. The first-order valence-corrected chi connectivity index (χ1v) is 12.2. The maximum Gasteiger partial charge on any atom is 0.163 e. The number of hydrogen-bond donors (Lipinski definition) is 0. The molecule has 1 aliphatic rings. The summed E-state index contributed by atoms with van der Waals surface area (Å²) in [5.41, 5.74) is 8.41. The minimum Gasteiger partial charge on any atom is -0.489 e. The molecule has 3 aromatic carbocycles. The minimum absolute atomic E-state index is 0.247. The van der Waals surface area contributed by atoms with Crippen LogP contribution in [0.2, 0.25) is 5.02 Å². The Kier molecular flexibility index (Phi) is 5.71. The van der Waals surface area contributed by atoms with Crippen LogP contribution in [0.1, 0.15) is 29.7 Å². The SMILES string of the molecule is Fc1ccc(COc2ccc(-c3nc4c(-c5ccc(Cl)cc5)cnn4c4c3CCCC4)cc2)cc1. The smallest absolute Gasteiger partial charge is 0.163 e. The molecule has 0 saturated carbocycles. The lowest BCUT2D eigenvalue weighted by Crippen LogP contribution is -2.13. The Morgan fingerprint density at radius 1 is 0.857 bits per heavy atom. The monoisotopic (exact) mass is 483 g/mol. The van der Waals surface area contributed by atoms with Crippen LogP contribution >= 0.6 is 11.6 Å². The van der Waals surface area contributed by atoms with Crippen LogP contribution < -0.4 is 4.74 Å². The highest BCUT2D eigenvalue weighted by Crippen LogP contribution is 2.35. The van der Waals surface area contributed by atoms with E-state index in [1.54, 1.807) is 12.1 Å². The van der Waals surface area contributed by atoms with Crippen LogP contribution in [0, 0.1) is 5.82 Å². The quantitative estimate of drug-likeness (QED) is 0.263. The number of aromatic nitrogens is 3. The third kappa shape index (κ3) is 4.28. The number of aryl methyl sites for hydroxylation is 1. The van der Waals surface area contributed by atoms with Gasteiger partial charge in [0.15, 0.2) is 5.65 Å². The summed E-state index contributed by atoms with van der Waals surface area (Å²) in [5, 5.41) is 5.42. The zero-order valence-corrected chi connectivity index (χ0v) is 19.8. The Bertz CT molecular complexity index is 1490. The summed E-state index contributed by atoms with van der Waals surface area (Å²) in [6, 6.07) is 22.2. The van der Waals surface area contributed by atoms with E-state index in [9.17, 15) is 4.39 Å². The molecule has 0 atom stereocenters. The lowest BCUT2D eigenvalue weighted by Gasteiger charge is -2.20. The average molecular weight is 484 g/mol. The number of nitrogens with zero attached hydrogens (tertiary/aromatic N) is 3. The van der Waals surface area contributed by atoms with Crippen molar-refractivity contribution >= 4 is 17.2 Å². The Morgan fingerprint density at radius 3 is 2.34 bits per heavy atom. The molecular weight excluding hydrogens is 461 g/mol. The third-order valence-electron chi connectivity index (χ3n) is 6.54. The van der Waals surface area contributed by atoms with E-state index >= 15 is 0 Å². The first kappa shape index (κ1) is 21.8. The number of ether oxygens (including phenoxy) is 1. The maximum atomic E-state index is 13.1. The topological polar surface area (TPSA) is 39.4 Å². The van der Waals surface area contributed by atoms with Crippen molar-refractivity contribution < 1.29 is 9.13 Å². The molecule has 2 aromatic heterocycles. The number of benzene rings is 3. The molecule has 0 saturated heterocycles. The van der Waals surface area contributed by atoms with Crippen molar-refractivity contribution in [2.75, 3.05) is 0 Å². The van der Waals surface area contributed by atoms with Gasteiger partial charge in [0.25, 0.3) is 0 Å². The van der Waals surface area contributed by atoms with Crippen molar-refractivity contribution in [2.45, 2.75) is 32.3 Å². The normalized spacial score (nSPS) is 13.1. The molecule has 0 spiro atoms. The number of hydrogen-bond acceptors (Lipinski definition) is 3. The zero-order chi connectivity index (χ0) is 23.8. The molecule has 0 amide bonds. The second-order valence-electron chi connectivity index (χ2n) is 8.83. The Balaban J connectivity index is 1.36. The van der Waals surface area contributed by atoms with Gasteiger partial charge in [-0.25, -0.2) is 13.9 Å². The first-order valence-electron chi connectivity index (χ1n) is 11.8. The molecule has 1 aliphatic carbocycles. The molecule has 0 N–H and O–H groups in total. The number of halogens is 2. The summed E-state index contributed by atoms with van der Waals surface area (Å²) in [4.78, 5) is 5.14. The first-order chi connectivity index (χ1) is 17.2. The minimum atomic E-state index is -0.247. The van der Waals surface area contributed by atoms with Crippen LogP contribution in [0.5, 0.6) is 5.75 Å². The fourth-order valence-corrected chi connectivity index (χ4v) is 4.85. The van der Waals surface area contributed by atoms with Gasteiger partial charge < -0.3 is 4.74 Å². The van der Waals surface area contributed by atoms with Gasteiger partial charge in [-0.05, 0) is 85.3 Å². The van der Waals surface area contributed by atoms with E-state index in [-0.39, 0.29) is 5.82 Å². The molecule has 6 rings (SSSR count). The molecular formula is C29H23ClFN3O. The second-order valence-corrected chi connectivity index (χ2v) is 9.27. The van der Waals surface area contributed by atoms with Gasteiger partial charge in [0.1, 0.15) is 18.2 Å². The van der Waals surface area contributed by atoms with Gasteiger partial charge in [-0.15, -0.1) is 0 Å². The molecule has 0 unspecified atom stereocenters. The Labute approximate surface area is 208 Å². The molecule has 4 nitrogen and oxygen atoms in total. The van der Waals surface area contributed by atoms with Crippen molar-refractivity contribution in [1.82, 2.24) is 14.6 Å². The standard InChI is InChI=1S/C29H23ClFN3O/c30-22-11-7-20(8-12-22)26-17-32-34-27-4-2-1-3-25(27)28(33-29(26)34)21-9-15-24(16-10-21)35-18-19-5-13-23(31)14-6-19/h5-17H,1-4,18H2. The average Bonchev–Trinajstić information content (AvgIpc) is 3.33. The maximum absolute atomic E-state index is 13.1. The zero-order valence-electron chi connectivity index (χ0n) is 19.0. The number of fused-ring (bicyclic) bond motifs is 3. The highest BCUT2D eigenvalue weighted by Gasteiger charge is 2.22. The van der Waals surface area contributed by atoms with Crippen LogP contribution in [0.4, 0.5) is 4.39 Å². The van der Waals surface area contributed by atoms with Gasteiger partial charge >= 0.3 is 0 Å². The van der Waals surface area contributed by atoms with Crippen LogP contribution in [0.25, 0.3) is 28.0 Å². The van der Waals surface area contributed by atoms with Gasteiger partial charge in [0, 0.05) is 27.4 Å². The van der Waals surface area contributed by atoms with Crippen LogP contribution in [-0.4, -0.2) is 14.6 Å². The van der Waals surface area contributed by atoms with E-state index in [4.69, 9.17) is 26.4 Å². The summed E-state index contributed by atoms with van der Waals surface area (Å²) in [6.45, 7) is 0.388. The lowest BCUT2D eigenvalue weighted by atomic mass is 9.92. The summed E-state index contributed by atoms with van der Waals surface area (Å²) >= 11 is 6.11. The third-order valence-corrected chi connectivity index (χ3v) is 6.80. The highest BCUT2D eigenvalue weighted by atomic mass is 35.5. The van der Waals surface area contributed by atoms with Gasteiger partial charge in [-0.1, -0.05) is 35.9 Å². The largest absolute Gasteiger partial charge is 0.489 e. The molecule has 6 heteroatoms. The predicted octanol–water partition coefficient (Wildman–Crippen LogP) is 7.31. The van der Waals surface area contributed by atoms with Crippen LogP contribution in [0.3, 0.4) is 0 Å². The molecule has 35 heavy (non-hydrogen) atoms. The molecule has 0 bridgehead atoms. The Morgan fingerprint density at radius 2 is 1.57 bits per heavy atom. The Hall–Kier alpha value is -3.70. The van der Waals surface area contributed by atoms with Crippen molar-refractivity contribution in [2.24, 2.45) is 0 Å². The molecule has 174 valence electrons. The molecule has 5 aromatic rings. The predicted molar refractivity (Wildman–Crippen MR) is 136 cm³/mol. The van der Waals surface area contributed by atoms with Gasteiger partial charge in [0.05, 0.1) is 11.9 Å². The van der Waals surface area contributed by atoms with Gasteiger partial charge in [-0.3, -0.25) is 0 Å². The van der Waals surface area contributed by atoms with Crippen LogP contribution in [0.15, 0.2) is 79.0 Å². The van der Waals surface area contributed by atoms with Crippen molar-refractivity contribution in [1.29, 1.82) is 0 Å². The second kappa shape index (κ2) is 9.16. The molecule has 0 fully saturated rings.